The number of rotatable bonds is 6. The SMILES string of the molecule is CCOC(=O)[C@]12CCCC=C1N(Cc1ccc3c(c1)OCO3)C(=O)[C@@H](CC(=O)N1CCCC1)C2. The first-order valence-corrected chi connectivity index (χ1v) is 12.4. The molecule has 0 radical (unpaired) electrons. The first-order valence-electron chi connectivity index (χ1n) is 12.4. The quantitative estimate of drug-likeness (QED) is 0.595. The van der Waals surface area contributed by atoms with Gasteiger partial charge < -0.3 is 24.0 Å². The van der Waals surface area contributed by atoms with Crippen molar-refractivity contribution in [1.29, 1.82) is 0 Å². The van der Waals surface area contributed by atoms with E-state index >= 15 is 0 Å². The fourth-order valence-electron chi connectivity index (χ4n) is 5.80. The predicted octanol–water partition coefficient (Wildman–Crippen LogP) is 3.39. The largest absolute Gasteiger partial charge is 0.465 e. The van der Waals surface area contributed by atoms with Gasteiger partial charge in [-0.25, -0.2) is 0 Å². The number of piperidine rings is 1. The zero-order valence-corrected chi connectivity index (χ0v) is 19.7. The highest BCUT2D eigenvalue weighted by Gasteiger charge is 2.54. The van der Waals surface area contributed by atoms with Crippen molar-refractivity contribution >= 4 is 17.8 Å². The fraction of sp³-hybridized carbons (Fsp3) is 0.577. The van der Waals surface area contributed by atoms with Crippen molar-refractivity contribution in [2.75, 3.05) is 26.5 Å². The summed E-state index contributed by atoms with van der Waals surface area (Å²) in [4.78, 5) is 43.7. The number of esters is 1. The summed E-state index contributed by atoms with van der Waals surface area (Å²) < 4.78 is 16.5. The smallest absolute Gasteiger partial charge is 0.318 e. The third kappa shape index (κ3) is 4.03. The van der Waals surface area contributed by atoms with Gasteiger partial charge in [0.15, 0.2) is 11.5 Å². The number of hydrogen-bond acceptors (Lipinski definition) is 6. The Labute approximate surface area is 199 Å². The number of amides is 2. The Balaban J connectivity index is 1.48. The monoisotopic (exact) mass is 468 g/mol. The Bertz CT molecular complexity index is 1010. The van der Waals surface area contributed by atoms with E-state index in [4.69, 9.17) is 14.2 Å². The molecule has 2 atom stereocenters. The molecule has 1 aliphatic carbocycles. The third-order valence-electron chi connectivity index (χ3n) is 7.46. The Morgan fingerprint density at radius 3 is 2.74 bits per heavy atom. The Kier molecular flexibility index (Phi) is 6.23. The Hall–Kier alpha value is -3.03. The zero-order valence-electron chi connectivity index (χ0n) is 19.7. The lowest BCUT2D eigenvalue weighted by molar-refractivity contribution is -0.163. The number of fused-ring (bicyclic) bond motifs is 2. The van der Waals surface area contributed by atoms with Crippen LogP contribution in [0.5, 0.6) is 11.5 Å². The summed E-state index contributed by atoms with van der Waals surface area (Å²) in [6.45, 7) is 4.05. The van der Waals surface area contributed by atoms with Gasteiger partial charge in [-0.2, -0.15) is 0 Å². The van der Waals surface area contributed by atoms with Crippen LogP contribution >= 0.6 is 0 Å². The van der Waals surface area contributed by atoms with Gasteiger partial charge in [-0.3, -0.25) is 14.4 Å². The van der Waals surface area contributed by atoms with E-state index in [0.29, 0.717) is 30.9 Å². The molecule has 2 fully saturated rings. The van der Waals surface area contributed by atoms with Crippen LogP contribution in [-0.2, 0) is 25.7 Å². The van der Waals surface area contributed by atoms with Crippen LogP contribution in [0, 0.1) is 11.3 Å². The van der Waals surface area contributed by atoms with Gasteiger partial charge in [0, 0.05) is 31.1 Å². The average molecular weight is 469 g/mol. The van der Waals surface area contributed by atoms with E-state index in [9.17, 15) is 14.4 Å². The molecule has 34 heavy (non-hydrogen) atoms. The highest BCUT2D eigenvalue weighted by atomic mass is 16.7. The summed E-state index contributed by atoms with van der Waals surface area (Å²) in [5.41, 5.74) is 0.715. The number of likely N-dealkylation sites (tertiary alicyclic amines) is 2. The first-order chi connectivity index (χ1) is 16.5. The number of carbonyl (C=O) groups is 3. The maximum absolute atomic E-state index is 13.8. The molecule has 8 heteroatoms. The van der Waals surface area contributed by atoms with Crippen LogP contribution in [0.3, 0.4) is 0 Å². The first kappa shape index (κ1) is 22.7. The van der Waals surface area contributed by atoms with Gasteiger partial charge in [-0.15, -0.1) is 0 Å². The second-order valence-corrected chi connectivity index (χ2v) is 9.59. The highest BCUT2D eigenvalue weighted by molar-refractivity contribution is 5.92. The Morgan fingerprint density at radius 2 is 1.94 bits per heavy atom. The molecule has 2 saturated heterocycles. The van der Waals surface area contributed by atoms with Gasteiger partial charge in [-0.1, -0.05) is 12.1 Å². The molecule has 8 nitrogen and oxygen atoms in total. The molecule has 4 aliphatic rings. The zero-order chi connectivity index (χ0) is 23.7. The molecule has 0 bridgehead atoms. The van der Waals surface area contributed by atoms with E-state index in [1.165, 1.54) is 0 Å². The van der Waals surface area contributed by atoms with Crippen molar-refractivity contribution in [3.8, 4) is 11.5 Å². The van der Waals surface area contributed by atoms with Crippen molar-refractivity contribution in [1.82, 2.24) is 9.80 Å². The molecule has 3 heterocycles. The van der Waals surface area contributed by atoms with Crippen molar-refractivity contribution in [3.05, 3.63) is 35.5 Å². The number of allylic oxidation sites excluding steroid dienone is 1. The molecule has 5 rings (SSSR count). The summed E-state index contributed by atoms with van der Waals surface area (Å²) in [5, 5.41) is 0. The molecule has 0 saturated carbocycles. The molecule has 182 valence electrons. The van der Waals surface area contributed by atoms with Crippen LogP contribution in [0.15, 0.2) is 30.0 Å². The van der Waals surface area contributed by atoms with E-state index < -0.39 is 11.3 Å². The Morgan fingerprint density at radius 1 is 1.15 bits per heavy atom. The second kappa shape index (κ2) is 9.31. The van der Waals surface area contributed by atoms with E-state index in [1.807, 2.05) is 29.2 Å². The maximum atomic E-state index is 13.8. The van der Waals surface area contributed by atoms with E-state index in [1.54, 1.807) is 11.8 Å². The van der Waals surface area contributed by atoms with Gasteiger partial charge in [0.25, 0.3) is 0 Å². The molecule has 3 aliphatic heterocycles. The van der Waals surface area contributed by atoms with Gasteiger partial charge in [-0.05, 0) is 63.1 Å². The van der Waals surface area contributed by atoms with Crippen LogP contribution in [-0.4, -0.2) is 54.1 Å². The standard InChI is InChI=1S/C26H32N2O6/c1-2-32-25(31)26-10-4-3-7-22(26)28(16-18-8-9-20-21(13-18)34-17-33-20)24(30)19(15-26)14-23(29)27-11-5-6-12-27/h7-9,13,19H,2-6,10-12,14-17H2,1H3/t19-,26-/m0/s1. The molecule has 2 amide bonds. The van der Waals surface area contributed by atoms with Crippen LogP contribution in [0.25, 0.3) is 0 Å². The van der Waals surface area contributed by atoms with Crippen LogP contribution in [0.1, 0.15) is 57.4 Å². The second-order valence-electron chi connectivity index (χ2n) is 9.59. The number of benzene rings is 1. The topological polar surface area (TPSA) is 85.4 Å². The molecular weight excluding hydrogens is 436 g/mol. The lowest BCUT2D eigenvalue weighted by Gasteiger charge is -2.48. The van der Waals surface area contributed by atoms with Gasteiger partial charge >= 0.3 is 5.97 Å². The van der Waals surface area contributed by atoms with Crippen molar-refractivity contribution in [2.24, 2.45) is 11.3 Å². The third-order valence-corrected chi connectivity index (χ3v) is 7.46. The summed E-state index contributed by atoms with van der Waals surface area (Å²) in [7, 11) is 0. The van der Waals surface area contributed by atoms with E-state index in [0.717, 1.165) is 50.0 Å². The minimum absolute atomic E-state index is 0.00104. The fourth-order valence-corrected chi connectivity index (χ4v) is 5.80. The van der Waals surface area contributed by atoms with Crippen LogP contribution in [0.4, 0.5) is 0 Å². The normalized spacial score (nSPS) is 25.7. The molecule has 0 aromatic heterocycles. The minimum Gasteiger partial charge on any atom is -0.465 e. The summed E-state index contributed by atoms with van der Waals surface area (Å²) in [6, 6.07) is 5.63. The van der Waals surface area contributed by atoms with Crippen LogP contribution < -0.4 is 9.47 Å². The summed E-state index contributed by atoms with van der Waals surface area (Å²) >= 11 is 0. The predicted molar refractivity (Wildman–Crippen MR) is 123 cm³/mol. The molecule has 1 aromatic rings. The molecule has 0 unspecified atom stereocenters. The number of nitrogens with zero attached hydrogens (tertiary/aromatic N) is 2. The maximum Gasteiger partial charge on any atom is 0.318 e. The van der Waals surface area contributed by atoms with Gasteiger partial charge in [0.2, 0.25) is 18.6 Å². The molecular formula is C26H32N2O6. The van der Waals surface area contributed by atoms with Crippen LogP contribution in [0.2, 0.25) is 0 Å². The van der Waals surface area contributed by atoms with Gasteiger partial charge in [0.05, 0.1) is 13.2 Å². The number of hydrogen-bond donors (Lipinski definition) is 0. The minimum atomic E-state index is -0.894. The number of carbonyl (C=O) groups excluding carboxylic acids is 3. The lowest BCUT2D eigenvalue weighted by Crippen LogP contribution is -2.54. The van der Waals surface area contributed by atoms with E-state index in [2.05, 4.69) is 0 Å². The molecule has 0 spiro atoms. The van der Waals surface area contributed by atoms with E-state index in [-0.39, 0.29) is 37.6 Å². The average Bonchev–Trinajstić information content (AvgIpc) is 3.54. The van der Waals surface area contributed by atoms with Crippen molar-refractivity contribution < 1.29 is 28.6 Å². The molecule has 1 aromatic carbocycles. The number of ether oxygens (including phenoxy) is 3. The van der Waals surface area contributed by atoms with Crippen molar-refractivity contribution in [2.45, 2.75) is 58.4 Å². The highest BCUT2D eigenvalue weighted by Crippen LogP contribution is 2.50. The van der Waals surface area contributed by atoms with Gasteiger partial charge in [0.1, 0.15) is 5.41 Å². The summed E-state index contributed by atoms with van der Waals surface area (Å²) in [6.07, 6.45) is 6.75. The lowest BCUT2D eigenvalue weighted by atomic mass is 9.66. The molecule has 0 N–H and O–H groups in total. The van der Waals surface area contributed by atoms with Crippen molar-refractivity contribution in [3.63, 3.8) is 0 Å². The summed E-state index contributed by atoms with van der Waals surface area (Å²) in [5.74, 6) is 0.390.